The quantitative estimate of drug-likeness (QED) is 0.578. The van der Waals surface area contributed by atoms with E-state index in [2.05, 4.69) is 20.6 Å². The van der Waals surface area contributed by atoms with Gasteiger partial charge in [-0.2, -0.15) is 0 Å². The Morgan fingerprint density at radius 1 is 1.26 bits per heavy atom. The lowest BCUT2D eigenvalue weighted by molar-refractivity contribution is 0.0528. The lowest BCUT2D eigenvalue weighted by Crippen LogP contribution is -2.33. The molecule has 2 rings (SSSR count). The van der Waals surface area contributed by atoms with Crippen LogP contribution < -0.4 is 16.4 Å². The minimum Gasteiger partial charge on any atom is -0.444 e. The summed E-state index contributed by atoms with van der Waals surface area (Å²) in [5, 5.41) is 6.88. The number of fused-ring (bicyclic) bond motifs is 1. The highest BCUT2D eigenvalue weighted by Gasteiger charge is 2.15. The van der Waals surface area contributed by atoms with Gasteiger partial charge in [0.2, 0.25) is 0 Å². The molecule has 0 fully saturated rings. The van der Waals surface area contributed by atoms with Gasteiger partial charge < -0.3 is 21.1 Å². The van der Waals surface area contributed by atoms with Gasteiger partial charge in [0, 0.05) is 24.2 Å². The Kier molecular flexibility index (Phi) is 5.20. The molecule has 4 N–H and O–H groups in total. The Balaban J connectivity index is 1.80. The zero-order chi connectivity index (χ0) is 16.9. The highest BCUT2D eigenvalue weighted by Crippen LogP contribution is 2.20. The molecule has 0 aliphatic rings. The van der Waals surface area contributed by atoms with Crippen LogP contribution in [0.15, 0.2) is 24.5 Å². The van der Waals surface area contributed by atoms with E-state index in [9.17, 15) is 4.79 Å². The molecule has 1 amide bonds. The van der Waals surface area contributed by atoms with Crippen molar-refractivity contribution in [2.75, 3.05) is 24.1 Å². The van der Waals surface area contributed by atoms with Gasteiger partial charge in [-0.3, -0.25) is 0 Å². The number of hydrogen-bond donors (Lipinski definition) is 3. The maximum Gasteiger partial charge on any atom is 0.407 e. The smallest absolute Gasteiger partial charge is 0.407 e. The first kappa shape index (κ1) is 16.8. The van der Waals surface area contributed by atoms with Crippen LogP contribution in [0.25, 0.3) is 10.9 Å². The molecule has 0 saturated heterocycles. The number of carbonyl (C=O) groups excluding carboxylic acids is 1. The number of alkyl carbamates (subject to hydrolysis) is 1. The molecule has 124 valence electrons. The van der Waals surface area contributed by atoms with Gasteiger partial charge in [0.25, 0.3) is 0 Å². The third-order valence-electron chi connectivity index (χ3n) is 2.97. The molecule has 7 nitrogen and oxygen atoms in total. The van der Waals surface area contributed by atoms with Crippen LogP contribution in [0.1, 0.15) is 27.2 Å². The summed E-state index contributed by atoms with van der Waals surface area (Å²) >= 11 is 0. The SMILES string of the molecule is CC(C)(C)OC(=O)NCCCNc1ncnc2cc(N)ccc12. The summed E-state index contributed by atoms with van der Waals surface area (Å²) in [7, 11) is 0. The number of nitrogens with zero attached hydrogens (tertiary/aromatic N) is 2. The fourth-order valence-electron chi connectivity index (χ4n) is 2.01. The predicted octanol–water partition coefficient (Wildman–Crippen LogP) is 2.54. The summed E-state index contributed by atoms with van der Waals surface area (Å²) in [6, 6.07) is 5.53. The minimum atomic E-state index is -0.482. The largest absolute Gasteiger partial charge is 0.444 e. The molecule has 1 aromatic carbocycles. The minimum absolute atomic E-state index is 0.402. The average Bonchev–Trinajstić information content (AvgIpc) is 2.44. The van der Waals surface area contributed by atoms with Crippen LogP contribution in [0.4, 0.5) is 16.3 Å². The Morgan fingerprint density at radius 2 is 2.04 bits per heavy atom. The van der Waals surface area contributed by atoms with E-state index in [-0.39, 0.29) is 0 Å². The van der Waals surface area contributed by atoms with Gasteiger partial charge in [-0.25, -0.2) is 14.8 Å². The number of nitrogen functional groups attached to an aromatic ring is 1. The van der Waals surface area contributed by atoms with E-state index < -0.39 is 11.7 Å². The van der Waals surface area contributed by atoms with Crippen molar-refractivity contribution < 1.29 is 9.53 Å². The third kappa shape index (κ3) is 5.28. The van der Waals surface area contributed by atoms with Crippen LogP contribution in [0.2, 0.25) is 0 Å². The maximum absolute atomic E-state index is 11.5. The number of ether oxygens (including phenoxy) is 1. The molecule has 0 aliphatic heterocycles. The summed E-state index contributed by atoms with van der Waals surface area (Å²) in [5.41, 5.74) is 6.74. The highest BCUT2D eigenvalue weighted by atomic mass is 16.6. The van der Waals surface area contributed by atoms with Crippen molar-refractivity contribution in [3.05, 3.63) is 24.5 Å². The summed E-state index contributed by atoms with van der Waals surface area (Å²) in [4.78, 5) is 20.0. The monoisotopic (exact) mass is 317 g/mol. The topological polar surface area (TPSA) is 102 Å². The van der Waals surface area contributed by atoms with Crippen LogP contribution >= 0.6 is 0 Å². The van der Waals surface area contributed by atoms with E-state index in [1.165, 1.54) is 6.33 Å². The molecule has 2 aromatic rings. The van der Waals surface area contributed by atoms with Crippen LogP contribution in [0.3, 0.4) is 0 Å². The molecule has 0 aliphatic carbocycles. The van der Waals surface area contributed by atoms with Crippen LogP contribution in [0.5, 0.6) is 0 Å². The Labute approximate surface area is 135 Å². The predicted molar refractivity (Wildman–Crippen MR) is 91.3 cm³/mol. The molecular formula is C16H23N5O2. The average molecular weight is 317 g/mol. The Morgan fingerprint density at radius 3 is 2.78 bits per heavy atom. The van der Waals surface area contributed by atoms with Crippen molar-refractivity contribution in [2.24, 2.45) is 0 Å². The van der Waals surface area contributed by atoms with Crippen LogP contribution in [0, 0.1) is 0 Å². The number of rotatable bonds is 5. The maximum atomic E-state index is 11.5. The number of nitrogens with two attached hydrogens (primary N) is 1. The second-order valence-electron chi connectivity index (χ2n) is 6.21. The van der Waals surface area contributed by atoms with Crippen molar-refractivity contribution >= 4 is 28.5 Å². The third-order valence-corrected chi connectivity index (χ3v) is 2.97. The lowest BCUT2D eigenvalue weighted by atomic mass is 10.2. The second-order valence-corrected chi connectivity index (χ2v) is 6.21. The zero-order valence-corrected chi connectivity index (χ0v) is 13.7. The Hall–Kier alpha value is -2.57. The van der Waals surface area contributed by atoms with E-state index >= 15 is 0 Å². The van der Waals surface area contributed by atoms with Gasteiger partial charge in [-0.15, -0.1) is 0 Å². The van der Waals surface area contributed by atoms with Gasteiger partial charge in [0.05, 0.1) is 5.52 Å². The molecule has 1 heterocycles. The van der Waals surface area contributed by atoms with E-state index in [0.29, 0.717) is 18.8 Å². The molecule has 0 radical (unpaired) electrons. The molecule has 0 atom stereocenters. The van der Waals surface area contributed by atoms with E-state index in [1.54, 1.807) is 0 Å². The summed E-state index contributed by atoms with van der Waals surface area (Å²) in [6.45, 7) is 6.70. The first-order valence-corrected chi connectivity index (χ1v) is 7.56. The molecule has 0 spiro atoms. The number of aromatic nitrogens is 2. The molecule has 0 unspecified atom stereocenters. The normalized spacial score (nSPS) is 11.3. The van der Waals surface area contributed by atoms with Crippen LogP contribution in [-0.2, 0) is 4.74 Å². The van der Waals surface area contributed by atoms with E-state index in [0.717, 1.165) is 23.1 Å². The lowest BCUT2D eigenvalue weighted by Gasteiger charge is -2.19. The zero-order valence-electron chi connectivity index (χ0n) is 13.7. The number of nitrogens with one attached hydrogen (secondary N) is 2. The fourth-order valence-corrected chi connectivity index (χ4v) is 2.01. The fraction of sp³-hybridized carbons (Fsp3) is 0.438. The van der Waals surface area contributed by atoms with Crippen molar-refractivity contribution in [3.8, 4) is 0 Å². The summed E-state index contributed by atoms with van der Waals surface area (Å²) < 4.78 is 5.17. The second kappa shape index (κ2) is 7.13. The van der Waals surface area contributed by atoms with Crippen molar-refractivity contribution in [2.45, 2.75) is 32.8 Å². The van der Waals surface area contributed by atoms with Crippen molar-refractivity contribution in [1.82, 2.24) is 15.3 Å². The van der Waals surface area contributed by atoms with Crippen molar-refractivity contribution in [1.29, 1.82) is 0 Å². The first-order chi connectivity index (χ1) is 10.8. The summed E-state index contributed by atoms with van der Waals surface area (Å²) in [5.74, 6) is 0.757. The molecular weight excluding hydrogens is 294 g/mol. The van der Waals surface area contributed by atoms with Gasteiger partial charge in [0.1, 0.15) is 17.7 Å². The molecule has 23 heavy (non-hydrogen) atoms. The first-order valence-electron chi connectivity index (χ1n) is 7.56. The molecule has 0 bridgehead atoms. The number of anilines is 2. The number of amides is 1. The number of hydrogen-bond acceptors (Lipinski definition) is 6. The van der Waals surface area contributed by atoms with Gasteiger partial charge in [-0.1, -0.05) is 0 Å². The van der Waals surface area contributed by atoms with Crippen molar-refractivity contribution in [3.63, 3.8) is 0 Å². The standard InChI is InChI=1S/C16H23N5O2/c1-16(2,3)23-15(22)19-8-4-7-18-14-12-6-5-11(17)9-13(12)20-10-21-14/h5-6,9-10H,4,7-8,17H2,1-3H3,(H,19,22)(H,18,20,21). The van der Waals surface area contributed by atoms with Gasteiger partial charge in [-0.05, 0) is 45.4 Å². The van der Waals surface area contributed by atoms with E-state index in [1.807, 2.05) is 39.0 Å². The van der Waals surface area contributed by atoms with E-state index in [4.69, 9.17) is 10.5 Å². The molecule has 1 aromatic heterocycles. The number of benzene rings is 1. The number of carbonyl (C=O) groups is 1. The Bertz CT molecular complexity index is 682. The summed E-state index contributed by atoms with van der Waals surface area (Å²) in [6.07, 6.45) is 1.85. The molecule has 7 heteroatoms. The van der Waals surface area contributed by atoms with Gasteiger partial charge >= 0.3 is 6.09 Å². The van der Waals surface area contributed by atoms with Gasteiger partial charge in [0.15, 0.2) is 0 Å². The molecule has 0 saturated carbocycles. The van der Waals surface area contributed by atoms with Crippen LogP contribution in [-0.4, -0.2) is 34.8 Å². The highest BCUT2D eigenvalue weighted by molar-refractivity contribution is 5.90.